The van der Waals surface area contributed by atoms with E-state index in [9.17, 15) is 0 Å². The number of rotatable bonds is 2. The van der Waals surface area contributed by atoms with E-state index >= 15 is 0 Å². The minimum Gasteiger partial charge on any atom is -0.496 e. The van der Waals surface area contributed by atoms with Gasteiger partial charge in [-0.3, -0.25) is 0 Å². The molecule has 2 heteroatoms. The van der Waals surface area contributed by atoms with Crippen LogP contribution in [-0.2, 0) is 0 Å². The van der Waals surface area contributed by atoms with Crippen molar-refractivity contribution in [3.05, 3.63) is 42.0 Å². The van der Waals surface area contributed by atoms with Crippen LogP contribution >= 0.6 is 0 Å². The van der Waals surface area contributed by atoms with Gasteiger partial charge in [0.2, 0.25) is 0 Å². The van der Waals surface area contributed by atoms with Gasteiger partial charge in [-0.2, -0.15) is 0 Å². The second-order valence-corrected chi connectivity index (χ2v) is 4.15. The topological polar surface area (TPSA) is 35.2 Å². The number of fused-ring (bicyclic) bond motifs is 1. The lowest BCUT2D eigenvalue weighted by molar-refractivity contribution is 0.420. The van der Waals surface area contributed by atoms with Crippen LogP contribution in [0.2, 0.25) is 0 Å². The molecule has 2 nitrogen and oxygen atoms in total. The molecule has 0 saturated carbocycles. The maximum absolute atomic E-state index is 5.82. The fraction of sp³-hybridized carbons (Fsp3) is 0.250. The predicted molar refractivity (Wildman–Crippen MR) is 75.6 cm³/mol. The van der Waals surface area contributed by atoms with Crippen LogP contribution in [0, 0.1) is 11.8 Å². The van der Waals surface area contributed by atoms with E-state index in [1.807, 2.05) is 37.3 Å². The van der Waals surface area contributed by atoms with Crippen molar-refractivity contribution in [1.82, 2.24) is 0 Å². The number of ether oxygens (including phenoxy) is 1. The Labute approximate surface area is 108 Å². The highest BCUT2D eigenvalue weighted by atomic mass is 16.5. The van der Waals surface area contributed by atoms with Gasteiger partial charge in [0.1, 0.15) is 5.75 Å². The van der Waals surface area contributed by atoms with Gasteiger partial charge in [-0.25, -0.2) is 0 Å². The summed E-state index contributed by atoms with van der Waals surface area (Å²) in [6.07, 6.45) is 0.862. The van der Waals surface area contributed by atoms with E-state index in [1.54, 1.807) is 7.11 Å². The molecule has 0 aliphatic heterocycles. The zero-order valence-corrected chi connectivity index (χ0v) is 10.7. The first kappa shape index (κ1) is 12.5. The Balaban J connectivity index is 2.55. The zero-order valence-electron chi connectivity index (χ0n) is 10.7. The summed E-state index contributed by atoms with van der Waals surface area (Å²) >= 11 is 0. The van der Waals surface area contributed by atoms with Crippen LogP contribution < -0.4 is 10.5 Å². The van der Waals surface area contributed by atoms with Gasteiger partial charge < -0.3 is 10.5 Å². The monoisotopic (exact) mass is 239 g/mol. The third-order valence-electron chi connectivity index (χ3n) is 2.94. The van der Waals surface area contributed by atoms with Crippen molar-refractivity contribution in [3.8, 4) is 17.6 Å². The molecule has 0 aliphatic carbocycles. The molecule has 0 spiro atoms. The largest absolute Gasteiger partial charge is 0.496 e. The van der Waals surface area contributed by atoms with Crippen molar-refractivity contribution in [2.45, 2.75) is 19.4 Å². The van der Waals surface area contributed by atoms with Gasteiger partial charge >= 0.3 is 0 Å². The average Bonchev–Trinajstić information content (AvgIpc) is 2.44. The lowest BCUT2D eigenvalue weighted by Crippen LogP contribution is -2.15. The van der Waals surface area contributed by atoms with E-state index in [1.165, 1.54) is 0 Å². The Hall–Kier alpha value is -1.98. The molecule has 92 valence electrons. The third kappa shape index (κ3) is 2.47. The number of nitrogens with two attached hydrogens (primary N) is 1. The lowest BCUT2D eigenvalue weighted by Gasteiger charge is -2.06. The molecule has 2 aromatic rings. The maximum Gasteiger partial charge on any atom is 0.126 e. The quantitative estimate of drug-likeness (QED) is 0.818. The standard InChI is InChI=1S/C16H17NO/c1-3-13(17)10-8-12-9-11-16(18-2)15-7-5-4-6-14(12)15/h4-7,9,11,13H,3,17H2,1-2H3. The molecule has 2 aromatic carbocycles. The first-order valence-electron chi connectivity index (χ1n) is 6.09. The van der Waals surface area contributed by atoms with Crippen LogP contribution in [0.3, 0.4) is 0 Å². The molecular formula is C16H17NO. The highest BCUT2D eigenvalue weighted by molar-refractivity contribution is 5.93. The Morgan fingerprint density at radius 3 is 2.56 bits per heavy atom. The summed E-state index contributed by atoms with van der Waals surface area (Å²) in [4.78, 5) is 0. The first-order valence-corrected chi connectivity index (χ1v) is 6.09. The molecular weight excluding hydrogens is 222 g/mol. The highest BCUT2D eigenvalue weighted by Crippen LogP contribution is 2.27. The van der Waals surface area contributed by atoms with Gasteiger partial charge in [0, 0.05) is 16.3 Å². The van der Waals surface area contributed by atoms with E-state index in [0.717, 1.165) is 28.5 Å². The maximum atomic E-state index is 5.82. The summed E-state index contributed by atoms with van der Waals surface area (Å²) in [6.45, 7) is 2.03. The molecule has 0 fully saturated rings. The SMILES string of the molecule is CCC(N)C#Cc1ccc(OC)c2ccccc12. The molecule has 0 radical (unpaired) electrons. The molecule has 1 atom stereocenters. The van der Waals surface area contributed by atoms with Crippen LogP contribution in [-0.4, -0.2) is 13.2 Å². The summed E-state index contributed by atoms with van der Waals surface area (Å²) in [5.74, 6) is 7.10. The highest BCUT2D eigenvalue weighted by Gasteiger charge is 2.03. The van der Waals surface area contributed by atoms with E-state index in [4.69, 9.17) is 10.5 Å². The van der Waals surface area contributed by atoms with Gasteiger partial charge in [0.05, 0.1) is 13.2 Å². The summed E-state index contributed by atoms with van der Waals surface area (Å²) in [6, 6.07) is 12.0. The van der Waals surface area contributed by atoms with Gasteiger partial charge in [-0.15, -0.1) is 0 Å². The molecule has 18 heavy (non-hydrogen) atoms. The Morgan fingerprint density at radius 2 is 1.89 bits per heavy atom. The molecule has 0 aromatic heterocycles. The van der Waals surface area contributed by atoms with Crippen LogP contribution in [0.15, 0.2) is 36.4 Å². The smallest absolute Gasteiger partial charge is 0.126 e. The predicted octanol–water partition coefficient (Wildman–Crippen LogP) is 2.94. The fourth-order valence-electron chi connectivity index (χ4n) is 1.83. The van der Waals surface area contributed by atoms with Gasteiger partial charge in [-0.05, 0) is 18.6 Å². The molecule has 0 amide bonds. The fourth-order valence-corrected chi connectivity index (χ4v) is 1.83. The van der Waals surface area contributed by atoms with Crippen molar-refractivity contribution in [2.75, 3.05) is 7.11 Å². The summed E-state index contributed by atoms with van der Waals surface area (Å²) in [5, 5.41) is 2.18. The number of hydrogen-bond acceptors (Lipinski definition) is 2. The normalized spacial score (nSPS) is 11.7. The van der Waals surface area contributed by atoms with Crippen molar-refractivity contribution in [3.63, 3.8) is 0 Å². The molecule has 0 saturated heterocycles. The Morgan fingerprint density at radius 1 is 1.17 bits per heavy atom. The van der Waals surface area contributed by atoms with Gasteiger partial charge in [0.15, 0.2) is 0 Å². The van der Waals surface area contributed by atoms with Crippen LogP contribution in [0.25, 0.3) is 10.8 Å². The van der Waals surface area contributed by atoms with Crippen molar-refractivity contribution >= 4 is 10.8 Å². The second-order valence-electron chi connectivity index (χ2n) is 4.15. The minimum atomic E-state index is -0.0640. The first-order chi connectivity index (χ1) is 8.76. The molecule has 2 N–H and O–H groups in total. The number of hydrogen-bond donors (Lipinski definition) is 1. The minimum absolute atomic E-state index is 0.0640. The van der Waals surface area contributed by atoms with Crippen LogP contribution in [0.1, 0.15) is 18.9 Å². The number of benzene rings is 2. The van der Waals surface area contributed by atoms with Crippen molar-refractivity contribution < 1.29 is 4.74 Å². The number of methoxy groups -OCH3 is 1. The Kier molecular flexibility index (Phi) is 3.86. The molecule has 0 bridgehead atoms. The van der Waals surface area contributed by atoms with E-state index in [-0.39, 0.29) is 6.04 Å². The molecule has 0 aliphatic rings. The molecule has 1 unspecified atom stereocenters. The summed E-state index contributed by atoms with van der Waals surface area (Å²) in [5.41, 5.74) is 6.82. The third-order valence-corrected chi connectivity index (χ3v) is 2.94. The molecule has 2 rings (SSSR count). The van der Waals surface area contributed by atoms with Crippen molar-refractivity contribution in [1.29, 1.82) is 0 Å². The average molecular weight is 239 g/mol. The van der Waals surface area contributed by atoms with Crippen LogP contribution in [0.5, 0.6) is 5.75 Å². The Bertz CT molecular complexity index is 607. The second kappa shape index (κ2) is 5.57. The van der Waals surface area contributed by atoms with E-state index < -0.39 is 0 Å². The van der Waals surface area contributed by atoms with Gasteiger partial charge in [-0.1, -0.05) is 43.0 Å². The summed E-state index contributed by atoms with van der Waals surface area (Å²) < 4.78 is 5.36. The molecule has 0 heterocycles. The van der Waals surface area contributed by atoms with E-state index in [0.29, 0.717) is 0 Å². The van der Waals surface area contributed by atoms with E-state index in [2.05, 4.69) is 17.9 Å². The van der Waals surface area contributed by atoms with Gasteiger partial charge in [0.25, 0.3) is 0 Å². The van der Waals surface area contributed by atoms with Crippen molar-refractivity contribution in [2.24, 2.45) is 5.73 Å². The summed E-state index contributed by atoms with van der Waals surface area (Å²) in [7, 11) is 1.68. The van der Waals surface area contributed by atoms with Crippen LogP contribution in [0.4, 0.5) is 0 Å². The lowest BCUT2D eigenvalue weighted by atomic mass is 10.0. The zero-order chi connectivity index (χ0) is 13.0.